The zero-order valence-corrected chi connectivity index (χ0v) is 13.1. The highest BCUT2D eigenvalue weighted by Crippen LogP contribution is 2.16. The summed E-state index contributed by atoms with van der Waals surface area (Å²) >= 11 is 0. The van der Waals surface area contributed by atoms with Gasteiger partial charge >= 0.3 is 6.03 Å². The van der Waals surface area contributed by atoms with Crippen LogP contribution in [-0.2, 0) is 0 Å². The normalized spacial score (nSPS) is 16.5. The Balaban J connectivity index is 1.53. The van der Waals surface area contributed by atoms with E-state index in [0.717, 1.165) is 31.5 Å². The molecule has 1 aliphatic heterocycles. The van der Waals surface area contributed by atoms with Crippen LogP contribution in [0.4, 0.5) is 15.0 Å². The van der Waals surface area contributed by atoms with Crippen molar-refractivity contribution in [2.24, 2.45) is 5.92 Å². The molecule has 6 heteroatoms. The van der Waals surface area contributed by atoms with Crippen molar-refractivity contribution in [2.45, 2.75) is 32.6 Å². The van der Waals surface area contributed by atoms with E-state index in [0.29, 0.717) is 12.4 Å². The maximum Gasteiger partial charge on any atom is 0.320 e. The number of pyridine rings is 1. The van der Waals surface area contributed by atoms with E-state index in [9.17, 15) is 9.18 Å². The van der Waals surface area contributed by atoms with E-state index in [4.69, 9.17) is 0 Å². The van der Waals surface area contributed by atoms with E-state index >= 15 is 0 Å². The Bertz CT molecular complexity index is 458. The molecular weight excluding hydrogens is 283 g/mol. The lowest BCUT2D eigenvalue weighted by atomic mass is 9.99. The fourth-order valence-electron chi connectivity index (χ4n) is 2.56. The highest BCUT2D eigenvalue weighted by atomic mass is 19.1. The van der Waals surface area contributed by atoms with Crippen LogP contribution in [0.5, 0.6) is 0 Å². The van der Waals surface area contributed by atoms with Gasteiger partial charge in [0.2, 0.25) is 0 Å². The van der Waals surface area contributed by atoms with Gasteiger partial charge in [-0.15, -0.1) is 0 Å². The third-order valence-corrected chi connectivity index (χ3v) is 4.03. The van der Waals surface area contributed by atoms with Crippen molar-refractivity contribution in [3.63, 3.8) is 0 Å². The fraction of sp³-hybridized carbons (Fsp3) is 0.625. The summed E-state index contributed by atoms with van der Waals surface area (Å²) < 4.78 is 12.7. The van der Waals surface area contributed by atoms with Crippen LogP contribution in [0.25, 0.3) is 0 Å². The molecule has 2 N–H and O–H groups in total. The van der Waals surface area contributed by atoms with Crippen LogP contribution in [0.2, 0.25) is 0 Å². The van der Waals surface area contributed by atoms with Gasteiger partial charge in [-0.3, -0.25) is 5.32 Å². The topological polar surface area (TPSA) is 57.3 Å². The lowest BCUT2D eigenvalue weighted by molar-refractivity contribution is 0.189. The molecule has 1 saturated heterocycles. The number of nitrogens with one attached hydrogen (secondary N) is 2. The summed E-state index contributed by atoms with van der Waals surface area (Å²) in [6.45, 7) is 6.46. The number of amides is 2. The molecule has 1 aromatic rings. The first-order valence-corrected chi connectivity index (χ1v) is 8.02. The smallest absolute Gasteiger partial charge is 0.320 e. The average molecular weight is 308 g/mol. The van der Waals surface area contributed by atoms with Gasteiger partial charge in [0.05, 0.1) is 6.20 Å². The molecular formula is C16H25FN4O. The molecule has 0 atom stereocenters. The largest absolute Gasteiger partial charge is 0.338 e. The van der Waals surface area contributed by atoms with Crippen molar-refractivity contribution >= 4 is 11.8 Å². The molecule has 22 heavy (non-hydrogen) atoms. The van der Waals surface area contributed by atoms with Crippen molar-refractivity contribution in [3.8, 4) is 0 Å². The molecule has 0 aromatic carbocycles. The van der Waals surface area contributed by atoms with Crippen LogP contribution >= 0.6 is 0 Å². The third-order valence-electron chi connectivity index (χ3n) is 4.03. The minimum absolute atomic E-state index is 0.300. The fourth-order valence-corrected chi connectivity index (χ4v) is 2.56. The molecule has 0 bridgehead atoms. The van der Waals surface area contributed by atoms with E-state index in [1.165, 1.54) is 38.1 Å². The average Bonchev–Trinajstić information content (AvgIpc) is 2.51. The molecule has 2 heterocycles. The Morgan fingerprint density at radius 2 is 2.14 bits per heavy atom. The Morgan fingerprint density at radius 3 is 2.82 bits per heavy atom. The van der Waals surface area contributed by atoms with E-state index in [1.54, 1.807) is 0 Å². The molecule has 122 valence electrons. The number of piperidine rings is 1. The Labute approximate surface area is 131 Å². The number of hydrogen-bond acceptors (Lipinski definition) is 3. The lowest BCUT2D eigenvalue weighted by Crippen LogP contribution is -2.34. The zero-order chi connectivity index (χ0) is 15.8. The van der Waals surface area contributed by atoms with Crippen molar-refractivity contribution in [1.29, 1.82) is 0 Å². The molecule has 1 aromatic heterocycles. The predicted octanol–water partition coefficient (Wildman–Crippen LogP) is 2.85. The van der Waals surface area contributed by atoms with E-state index in [-0.39, 0.29) is 6.03 Å². The van der Waals surface area contributed by atoms with Gasteiger partial charge in [0.15, 0.2) is 0 Å². The number of likely N-dealkylation sites (tertiary alicyclic amines) is 1. The van der Waals surface area contributed by atoms with Gasteiger partial charge in [-0.2, -0.15) is 0 Å². The number of carbonyl (C=O) groups is 1. The second kappa shape index (κ2) is 8.68. The first-order chi connectivity index (χ1) is 10.6. The summed E-state index contributed by atoms with van der Waals surface area (Å²) in [7, 11) is 0. The molecule has 1 fully saturated rings. The lowest BCUT2D eigenvalue weighted by Gasteiger charge is -2.30. The molecule has 5 nitrogen and oxygen atoms in total. The number of urea groups is 1. The van der Waals surface area contributed by atoms with E-state index < -0.39 is 5.82 Å². The van der Waals surface area contributed by atoms with Crippen LogP contribution in [0.15, 0.2) is 18.3 Å². The predicted molar refractivity (Wildman–Crippen MR) is 85.3 cm³/mol. The summed E-state index contributed by atoms with van der Waals surface area (Å²) in [4.78, 5) is 17.9. The van der Waals surface area contributed by atoms with E-state index in [2.05, 4.69) is 27.4 Å². The van der Waals surface area contributed by atoms with Crippen LogP contribution in [0, 0.1) is 11.7 Å². The van der Waals surface area contributed by atoms with Gasteiger partial charge in [-0.25, -0.2) is 14.2 Å². The van der Waals surface area contributed by atoms with Crippen LogP contribution in [0.3, 0.4) is 0 Å². The summed E-state index contributed by atoms with van der Waals surface area (Å²) in [6, 6.07) is 2.40. The Morgan fingerprint density at radius 1 is 1.36 bits per heavy atom. The summed E-state index contributed by atoms with van der Waals surface area (Å²) in [5, 5.41) is 5.36. The third kappa shape index (κ3) is 5.97. The summed E-state index contributed by atoms with van der Waals surface area (Å²) in [5.74, 6) is 0.793. The number of unbranched alkanes of at least 4 members (excludes halogenated alkanes) is 1. The second-order valence-electron chi connectivity index (χ2n) is 5.97. The van der Waals surface area contributed by atoms with Crippen molar-refractivity contribution in [2.75, 3.05) is 31.5 Å². The number of halogens is 1. The number of rotatable bonds is 6. The minimum Gasteiger partial charge on any atom is -0.338 e. The molecule has 1 aliphatic rings. The Hall–Kier alpha value is -1.69. The molecule has 2 amide bonds. The number of hydrogen-bond donors (Lipinski definition) is 2. The van der Waals surface area contributed by atoms with Crippen molar-refractivity contribution in [1.82, 2.24) is 15.2 Å². The first kappa shape index (κ1) is 16.7. The van der Waals surface area contributed by atoms with Gasteiger partial charge in [0.1, 0.15) is 11.6 Å². The van der Waals surface area contributed by atoms with E-state index in [1.807, 2.05) is 0 Å². The number of carbonyl (C=O) groups excluding carboxylic acids is 1. The zero-order valence-electron chi connectivity index (χ0n) is 13.1. The standard InChI is InChI=1S/C16H25FN4O/c1-13-6-10-21(11-7-13)9-3-2-8-18-16(22)20-15-5-4-14(17)12-19-15/h4-5,12-13H,2-3,6-11H2,1H3,(H2,18,19,20,22). The quantitative estimate of drug-likeness (QED) is 0.795. The minimum atomic E-state index is -0.418. The van der Waals surface area contributed by atoms with Gasteiger partial charge in [-0.1, -0.05) is 6.92 Å². The van der Waals surface area contributed by atoms with Gasteiger partial charge in [0, 0.05) is 6.54 Å². The molecule has 0 saturated carbocycles. The van der Waals surface area contributed by atoms with Crippen molar-refractivity contribution < 1.29 is 9.18 Å². The van der Waals surface area contributed by atoms with Gasteiger partial charge in [0.25, 0.3) is 0 Å². The highest BCUT2D eigenvalue weighted by Gasteiger charge is 2.14. The van der Waals surface area contributed by atoms with Gasteiger partial charge in [-0.05, 0) is 63.4 Å². The number of nitrogens with zero attached hydrogens (tertiary/aromatic N) is 2. The molecule has 0 unspecified atom stereocenters. The highest BCUT2D eigenvalue weighted by molar-refractivity contribution is 5.88. The summed E-state index contributed by atoms with van der Waals surface area (Å²) in [5.41, 5.74) is 0. The second-order valence-corrected chi connectivity index (χ2v) is 5.97. The van der Waals surface area contributed by atoms with Gasteiger partial charge < -0.3 is 10.2 Å². The maximum atomic E-state index is 12.7. The van der Waals surface area contributed by atoms with Crippen molar-refractivity contribution in [3.05, 3.63) is 24.1 Å². The van der Waals surface area contributed by atoms with Crippen LogP contribution < -0.4 is 10.6 Å². The SMILES string of the molecule is CC1CCN(CCCCNC(=O)Nc2ccc(F)cn2)CC1. The number of aromatic nitrogens is 1. The first-order valence-electron chi connectivity index (χ1n) is 8.02. The molecule has 0 radical (unpaired) electrons. The molecule has 0 aliphatic carbocycles. The maximum absolute atomic E-state index is 12.7. The Kier molecular flexibility index (Phi) is 6.58. The number of anilines is 1. The van der Waals surface area contributed by atoms with Crippen LogP contribution in [-0.4, -0.2) is 42.1 Å². The molecule has 2 rings (SSSR count). The molecule has 0 spiro atoms. The summed E-state index contributed by atoms with van der Waals surface area (Å²) in [6.07, 6.45) is 5.71. The van der Waals surface area contributed by atoms with Crippen LogP contribution in [0.1, 0.15) is 32.6 Å². The monoisotopic (exact) mass is 308 g/mol.